The van der Waals surface area contributed by atoms with Crippen molar-refractivity contribution in [2.24, 2.45) is 5.92 Å². The number of fused-ring (bicyclic) bond motifs is 3. The maximum atomic E-state index is 11.5. The number of ether oxygens (including phenoxy) is 2. The van der Waals surface area contributed by atoms with Crippen LogP contribution in [0.2, 0.25) is 0 Å². The molecule has 7 nitrogen and oxygen atoms in total. The molecule has 0 saturated heterocycles. The number of nitro benzene ring substituents is 1. The predicted octanol–water partition coefficient (Wildman–Crippen LogP) is 4.14. The average Bonchev–Trinajstić information content (AvgIpc) is 3.17. The first-order chi connectivity index (χ1) is 13.0. The highest BCUT2D eigenvalue weighted by atomic mass is 16.6. The topological polar surface area (TPSA) is 93.9 Å². The number of aromatic hydroxyl groups is 1. The molecule has 0 amide bonds. The predicted molar refractivity (Wildman–Crippen MR) is 101 cm³/mol. The molecule has 7 heteroatoms. The molecule has 27 heavy (non-hydrogen) atoms. The lowest BCUT2D eigenvalue weighted by Crippen LogP contribution is -2.29. The van der Waals surface area contributed by atoms with E-state index in [0.29, 0.717) is 22.7 Å². The van der Waals surface area contributed by atoms with Gasteiger partial charge >= 0.3 is 0 Å². The van der Waals surface area contributed by atoms with Gasteiger partial charge in [-0.05, 0) is 36.1 Å². The second kappa shape index (κ2) is 6.50. The lowest BCUT2D eigenvalue weighted by atomic mass is 9.76. The van der Waals surface area contributed by atoms with Gasteiger partial charge in [0.05, 0.1) is 36.4 Å². The van der Waals surface area contributed by atoms with Gasteiger partial charge in [0.1, 0.15) is 5.75 Å². The fraction of sp³-hybridized carbons (Fsp3) is 0.300. The molecule has 3 unspecified atom stereocenters. The van der Waals surface area contributed by atoms with Gasteiger partial charge in [-0.2, -0.15) is 0 Å². The fourth-order valence-electron chi connectivity index (χ4n) is 4.21. The van der Waals surface area contributed by atoms with Crippen molar-refractivity contribution in [3.8, 4) is 17.2 Å². The summed E-state index contributed by atoms with van der Waals surface area (Å²) in [5.41, 5.74) is 1.98. The second-order valence-corrected chi connectivity index (χ2v) is 6.74. The molecule has 2 aliphatic rings. The number of nitrogens with zero attached hydrogens (tertiary/aromatic N) is 1. The van der Waals surface area contributed by atoms with E-state index in [1.54, 1.807) is 14.2 Å². The first-order valence-electron chi connectivity index (χ1n) is 8.70. The summed E-state index contributed by atoms with van der Waals surface area (Å²) in [6.45, 7) is 0. The molecule has 1 heterocycles. The number of rotatable bonds is 4. The number of phenols is 1. The molecular weight excluding hydrogens is 348 g/mol. The largest absolute Gasteiger partial charge is 0.506 e. The molecule has 0 aromatic heterocycles. The maximum absolute atomic E-state index is 11.5. The summed E-state index contributed by atoms with van der Waals surface area (Å²) in [6, 6.07) is 8.32. The van der Waals surface area contributed by atoms with E-state index in [9.17, 15) is 15.2 Å². The molecule has 2 aromatic carbocycles. The molecule has 140 valence electrons. The molecule has 0 spiro atoms. The van der Waals surface area contributed by atoms with Crippen molar-refractivity contribution in [1.29, 1.82) is 0 Å². The number of nitrogens with one attached hydrogen (secondary N) is 1. The number of hydrogen-bond donors (Lipinski definition) is 2. The van der Waals surface area contributed by atoms with Gasteiger partial charge in [0.15, 0.2) is 11.5 Å². The van der Waals surface area contributed by atoms with Crippen molar-refractivity contribution in [3.63, 3.8) is 0 Å². The third-order valence-electron chi connectivity index (χ3n) is 5.44. The van der Waals surface area contributed by atoms with E-state index in [1.807, 2.05) is 30.4 Å². The zero-order valence-corrected chi connectivity index (χ0v) is 15.0. The van der Waals surface area contributed by atoms with Gasteiger partial charge < -0.3 is 19.9 Å². The highest BCUT2D eigenvalue weighted by Gasteiger charge is 2.42. The van der Waals surface area contributed by atoms with Crippen molar-refractivity contribution < 1.29 is 19.5 Å². The van der Waals surface area contributed by atoms with Gasteiger partial charge in [-0.1, -0.05) is 18.2 Å². The highest BCUT2D eigenvalue weighted by molar-refractivity contribution is 5.73. The Morgan fingerprint density at radius 1 is 1.19 bits per heavy atom. The van der Waals surface area contributed by atoms with Gasteiger partial charge in [0.25, 0.3) is 5.69 Å². The van der Waals surface area contributed by atoms with Crippen LogP contribution in [-0.4, -0.2) is 24.2 Å². The lowest BCUT2D eigenvalue weighted by molar-refractivity contribution is -0.385. The van der Waals surface area contributed by atoms with Crippen LogP contribution in [0.5, 0.6) is 17.2 Å². The molecule has 2 aromatic rings. The van der Waals surface area contributed by atoms with Crippen LogP contribution >= 0.6 is 0 Å². The molecule has 0 radical (unpaired) electrons. The van der Waals surface area contributed by atoms with E-state index in [2.05, 4.69) is 5.32 Å². The Morgan fingerprint density at radius 3 is 2.67 bits per heavy atom. The third-order valence-corrected chi connectivity index (χ3v) is 5.44. The minimum atomic E-state index is -0.389. The van der Waals surface area contributed by atoms with Crippen LogP contribution in [-0.2, 0) is 0 Å². The zero-order chi connectivity index (χ0) is 19.1. The van der Waals surface area contributed by atoms with Crippen LogP contribution in [0.3, 0.4) is 0 Å². The van der Waals surface area contributed by atoms with Gasteiger partial charge in [-0.15, -0.1) is 0 Å². The van der Waals surface area contributed by atoms with Gasteiger partial charge in [-0.3, -0.25) is 10.1 Å². The maximum Gasteiger partial charge on any atom is 0.275 e. The molecule has 0 fully saturated rings. The standard InChI is InChI=1S/C20H20N2O5/c1-26-16-9-6-11(10-17(16)27-2)19-13-5-3-4-12(13)18-14(22(24)25)7-8-15(23)20(18)21-19/h3-4,6-10,12-13,19,21,23H,5H2,1-2H3. The van der Waals surface area contributed by atoms with Crippen LogP contribution in [0.15, 0.2) is 42.5 Å². The van der Waals surface area contributed by atoms with Crippen molar-refractivity contribution >= 4 is 11.4 Å². The van der Waals surface area contributed by atoms with E-state index in [-0.39, 0.29) is 34.2 Å². The van der Waals surface area contributed by atoms with E-state index in [1.165, 1.54) is 12.1 Å². The number of allylic oxidation sites excluding steroid dienone is 2. The number of methoxy groups -OCH3 is 2. The molecule has 2 N–H and O–H groups in total. The number of hydrogen-bond acceptors (Lipinski definition) is 6. The van der Waals surface area contributed by atoms with E-state index < -0.39 is 0 Å². The fourth-order valence-corrected chi connectivity index (χ4v) is 4.21. The van der Waals surface area contributed by atoms with Crippen molar-refractivity contribution in [2.45, 2.75) is 18.4 Å². The van der Waals surface area contributed by atoms with Crippen molar-refractivity contribution in [3.05, 3.63) is 63.7 Å². The number of anilines is 1. The smallest absolute Gasteiger partial charge is 0.275 e. The van der Waals surface area contributed by atoms with E-state index in [4.69, 9.17) is 9.47 Å². The second-order valence-electron chi connectivity index (χ2n) is 6.74. The zero-order valence-electron chi connectivity index (χ0n) is 15.0. The first kappa shape index (κ1) is 17.2. The average molecular weight is 368 g/mol. The SMILES string of the molecule is COc1ccc(C2Nc3c(O)ccc([N+](=O)[O-])c3C3C=CCC32)cc1OC. The molecule has 4 rings (SSSR count). The minimum Gasteiger partial charge on any atom is -0.506 e. The summed E-state index contributed by atoms with van der Waals surface area (Å²) in [5.74, 6) is 1.24. The van der Waals surface area contributed by atoms with Crippen molar-refractivity contribution in [1.82, 2.24) is 0 Å². The summed E-state index contributed by atoms with van der Waals surface area (Å²) < 4.78 is 10.7. The van der Waals surface area contributed by atoms with Crippen LogP contribution in [0.1, 0.15) is 29.5 Å². The molecule has 3 atom stereocenters. The molecular formula is C20H20N2O5. The Labute approximate surface area is 156 Å². The summed E-state index contributed by atoms with van der Waals surface area (Å²) >= 11 is 0. The Morgan fingerprint density at radius 2 is 1.96 bits per heavy atom. The molecule has 1 aliphatic carbocycles. The van der Waals surface area contributed by atoms with Crippen LogP contribution in [0, 0.1) is 16.0 Å². The highest BCUT2D eigenvalue weighted by Crippen LogP contribution is 2.55. The Balaban J connectivity index is 1.83. The third kappa shape index (κ3) is 2.66. The van der Waals surface area contributed by atoms with Crippen LogP contribution < -0.4 is 14.8 Å². The summed E-state index contributed by atoms with van der Waals surface area (Å²) in [6.07, 6.45) is 4.85. The van der Waals surface area contributed by atoms with Gasteiger partial charge in [-0.25, -0.2) is 0 Å². The number of nitro groups is 1. The van der Waals surface area contributed by atoms with E-state index in [0.717, 1.165) is 12.0 Å². The minimum absolute atomic E-state index is 0.0137. The van der Waals surface area contributed by atoms with Crippen LogP contribution in [0.25, 0.3) is 0 Å². The quantitative estimate of drug-likeness (QED) is 0.364. The van der Waals surface area contributed by atoms with Crippen LogP contribution in [0.4, 0.5) is 11.4 Å². The summed E-state index contributed by atoms with van der Waals surface area (Å²) in [5, 5.41) is 25.2. The Hall–Kier alpha value is -3.22. The molecule has 1 aliphatic heterocycles. The number of phenolic OH excluding ortho intramolecular Hbond substituents is 1. The van der Waals surface area contributed by atoms with Gasteiger partial charge in [0.2, 0.25) is 0 Å². The Bertz CT molecular complexity index is 940. The van der Waals surface area contributed by atoms with Gasteiger partial charge in [0, 0.05) is 12.0 Å². The summed E-state index contributed by atoms with van der Waals surface area (Å²) in [7, 11) is 3.17. The lowest BCUT2D eigenvalue weighted by Gasteiger charge is -2.37. The van der Waals surface area contributed by atoms with E-state index >= 15 is 0 Å². The Kier molecular flexibility index (Phi) is 4.14. The summed E-state index contributed by atoms with van der Waals surface area (Å²) in [4.78, 5) is 11.1. The molecule has 0 bridgehead atoms. The normalized spacial score (nSPS) is 22.5. The van der Waals surface area contributed by atoms with Crippen molar-refractivity contribution in [2.75, 3.05) is 19.5 Å². The molecule has 0 saturated carbocycles. The first-order valence-corrected chi connectivity index (χ1v) is 8.70. The number of benzene rings is 2. The monoisotopic (exact) mass is 368 g/mol.